The van der Waals surface area contributed by atoms with E-state index < -0.39 is 6.85 Å². The Labute approximate surface area is 276 Å². The quantitative estimate of drug-likeness (QED) is 0.194. The second kappa shape index (κ2) is 10.8. The zero-order valence-corrected chi connectivity index (χ0v) is 28.3. The van der Waals surface area contributed by atoms with Gasteiger partial charge in [-0.1, -0.05) is 98.7 Å². The number of para-hydroxylation sites is 1. The fraction of sp³-hybridized carbons (Fsp3) is 0.333. The molecule has 234 valence electrons. The van der Waals surface area contributed by atoms with E-state index in [1.165, 1.54) is 22.3 Å². The van der Waals surface area contributed by atoms with Crippen molar-refractivity contribution in [1.29, 1.82) is 0 Å². The third kappa shape index (κ3) is 4.73. The van der Waals surface area contributed by atoms with Crippen LogP contribution in [0.1, 0.15) is 112 Å². The Bertz CT molecular complexity index is 2370. The summed E-state index contributed by atoms with van der Waals surface area (Å²) in [5.41, 5.74) is 11.0. The number of hydrogen-bond acceptors (Lipinski definition) is 4. The SMILES string of the molecule is [2H]C([2H])([2H])c1ccc(-c2cc(C(C)(C)C)ncn2)c2oc3c(ccc4c5cccc(-c6c(C(C)C)cc(C(C)C)cc6C(C)C)c5oc43)c12. The molecule has 0 atom stereocenters. The highest BCUT2D eigenvalue weighted by molar-refractivity contribution is 6.22. The molecule has 4 heteroatoms. The third-order valence-corrected chi connectivity index (χ3v) is 9.37. The van der Waals surface area contributed by atoms with Gasteiger partial charge in [-0.15, -0.1) is 0 Å². The monoisotopic (exact) mass is 611 g/mol. The molecule has 3 heterocycles. The maximum atomic E-state index is 8.43. The summed E-state index contributed by atoms with van der Waals surface area (Å²) in [5, 5.41) is 3.18. The molecule has 7 rings (SSSR count). The van der Waals surface area contributed by atoms with Crippen LogP contribution in [0.25, 0.3) is 66.3 Å². The molecule has 0 saturated heterocycles. The largest absolute Gasteiger partial charge is 0.451 e. The third-order valence-electron chi connectivity index (χ3n) is 9.37. The van der Waals surface area contributed by atoms with E-state index in [9.17, 15) is 0 Å². The van der Waals surface area contributed by atoms with Gasteiger partial charge in [0, 0.05) is 47.9 Å². The fourth-order valence-corrected chi connectivity index (χ4v) is 6.77. The number of nitrogens with zero attached hydrogens (tertiary/aromatic N) is 2. The second-order valence-electron chi connectivity index (χ2n) is 14.6. The maximum Gasteiger partial charge on any atom is 0.178 e. The fourth-order valence-electron chi connectivity index (χ4n) is 6.77. The predicted molar refractivity (Wildman–Crippen MR) is 193 cm³/mol. The summed E-state index contributed by atoms with van der Waals surface area (Å²) in [7, 11) is 0. The molecule has 0 amide bonds. The summed E-state index contributed by atoms with van der Waals surface area (Å²) in [4.78, 5) is 9.12. The van der Waals surface area contributed by atoms with Gasteiger partial charge >= 0.3 is 0 Å². The minimum Gasteiger partial charge on any atom is -0.451 e. The molecule has 46 heavy (non-hydrogen) atoms. The lowest BCUT2D eigenvalue weighted by Crippen LogP contribution is -2.13. The summed E-state index contributed by atoms with van der Waals surface area (Å²) in [5.74, 6) is 1.04. The number of aryl methyl sites for hydroxylation is 1. The number of hydrogen-bond donors (Lipinski definition) is 0. The van der Waals surface area contributed by atoms with Gasteiger partial charge in [0.2, 0.25) is 0 Å². The van der Waals surface area contributed by atoms with Gasteiger partial charge in [-0.25, -0.2) is 9.97 Å². The van der Waals surface area contributed by atoms with Crippen molar-refractivity contribution in [3.05, 3.63) is 94.9 Å². The maximum absolute atomic E-state index is 8.43. The summed E-state index contributed by atoms with van der Waals surface area (Å²) >= 11 is 0. The Hall–Kier alpha value is -4.44. The first-order valence-corrected chi connectivity index (χ1v) is 16.4. The lowest BCUT2D eigenvalue weighted by molar-refractivity contribution is 0.567. The molecule has 3 aromatic heterocycles. The lowest BCUT2D eigenvalue weighted by atomic mass is 9.81. The van der Waals surface area contributed by atoms with E-state index in [2.05, 4.69) is 103 Å². The van der Waals surface area contributed by atoms with Crippen LogP contribution in [0, 0.1) is 6.85 Å². The second-order valence-corrected chi connectivity index (χ2v) is 14.6. The van der Waals surface area contributed by atoms with Crippen LogP contribution in [0.3, 0.4) is 0 Å². The Balaban J connectivity index is 1.56. The van der Waals surface area contributed by atoms with E-state index in [4.69, 9.17) is 12.9 Å². The van der Waals surface area contributed by atoms with Crippen LogP contribution in [0.2, 0.25) is 0 Å². The molecule has 7 aromatic rings. The first kappa shape index (κ1) is 26.7. The molecule has 0 aliphatic heterocycles. The van der Waals surface area contributed by atoms with Crippen LogP contribution in [-0.4, -0.2) is 9.97 Å². The van der Waals surface area contributed by atoms with Crippen molar-refractivity contribution in [2.24, 2.45) is 0 Å². The van der Waals surface area contributed by atoms with Gasteiger partial charge in [0.15, 0.2) is 11.2 Å². The summed E-state index contributed by atoms with van der Waals surface area (Å²) in [6.07, 6.45) is 1.56. The normalized spacial score (nSPS) is 14.0. The first-order chi connectivity index (χ1) is 23.1. The van der Waals surface area contributed by atoms with Crippen molar-refractivity contribution < 1.29 is 12.9 Å². The zero-order chi connectivity index (χ0) is 35.2. The average molecular weight is 612 g/mol. The van der Waals surface area contributed by atoms with Crippen LogP contribution in [-0.2, 0) is 5.41 Å². The predicted octanol–water partition coefficient (Wildman–Crippen LogP) is 12.6. The van der Waals surface area contributed by atoms with E-state index in [1.807, 2.05) is 18.2 Å². The van der Waals surface area contributed by atoms with E-state index in [0.29, 0.717) is 56.5 Å². The first-order valence-electron chi connectivity index (χ1n) is 17.9. The highest BCUT2D eigenvalue weighted by Crippen LogP contribution is 2.46. The minimum absolute atomic E-state index is 0.193. The van der Waals surface area contributed by atoms with E-state index in [0.717, 1.165) is 27.6 Å². The number of benzene rings is 4. The van der Waals surface area contributed by atoms with Crippen molar-refractivity contribution in [3.63, 3.8) is 0 Å². The van der Waals surface area contributed by atoms with Crippen LogP contribution in [0.4, 0.5) is 0 Å². The molecular weight excluding hydrogens is 564 g/mol. The van der Waals surface area contributed by atoms with Crippen molar-refractivity contribution in [2.45, 2.75) is 92.3 Å². The standard InChI is InChI=1S/C42H44N2O2/c1-22(2)26-18-32(23(3)4)37(33(19-26)24(5)6)30-13-11-12-27-28-16-17-31-36-25(7)14-15-29(34-20-35(42(8,9)10)44-21-43-34)39(36)46-41(31)40(28)45-38(27)30/h11-24H,1-10H3/i7D3. The lowest BCUT2D eigenvalue weighted by Gasteiger charge is -2.23. The molecule has 0 spiro atoms. The molecule has 0 saturated carbocycles. The molecule has 0 aliphatic carbocycles. The summed E-state index contributed by atoms with van der Waals surface area (Å²) in [6.45, 7) is 17.5. The molecule has 0 unspecified atom stereocenters. The smallest absolute Gasteiger partial charge is 0.178 e. The Kier molecular flexibility index (Phi) is 6.30. The summed E-state index contributed by atoms with van der Waals surface area (Å²) in [6, 6.07) is 20.6. The van der Waals surface area contributed by atoms with E-state index in [-0.39, 0.29) is 11.0 Å². The molecule has 4 aromatic carbocycles. The van der Waals surface area contributed by atoms with E-state index >= 15 is 0 Å². The topological polar surface area (TPSA) is 52.1 Å². The Morgan fingerprint density at radius 2 is 1.30 bits per heavy atom. The van der Waals surface area contributed by atoms with Crippen molar-refractivity contribution in [1.82, 2.24) is 9.97 Å². The van der Waals surface area contributed by atoms with Gasteiger partial charge in [-0.3, -0.25) is 0 Å². The van der Waals surface area contributed by atoms with Crippen LogP contribution < -0.4 is 0 Å². The number of fused-ring (bicyclic) bond motifs is 7. The number of aromatic nitrogens is 2. The molecule has 0 fully saturated rings. The van der Waals surface area contributed by atoms with Crippen molar-refractivity contribution in [3.8, 4) is 22.4 Å². The molecule has 0 N–H and O–H groups in total. The zero-order valence-electron chi connectivity index (χ0n) is 31.3. The van der Waals surface area contributed by atoms with Gasteiger partial charge in [0.25, 0.3) is 0 Å². The average Bonchev–Trinajstić information content (AvgIpc) is 3.62. The van der Waals surface area contributed by atoms with Crippen molar-refractivity contribution >= 4 is 43.9 Å². The van der Waals surface area contributed by atoms with Gasteiger partial charge in [-0.2, -0.15) is 0 Å². The van der Waals surface area contributed by atoms with Crippen molar-refractivity contribution in [2.75, 3.05) is 0 Å². The van der Waals surface area contributed by atoms with Crippen LogP contribution in [0.15, 0.2) is 75.8 Å². The van der Waals surface area contributed by atoms with Gasteiger partial charge in [-0.05, 0) is 76.7 Å². The van der Waals surface area contributed by atoms with Crippen LogP contribution in [0.5, 0.6) is 0 Å². The summed E-state index contributed by atoms with van der Waals surface area (Å²) < 4.78 is 38.9. The molecule has 0 aliphatic rings. The molecule has 0 radical (unpaired) electrons. The number of furan rings is 2. The van der Waals surface area contributed by atoms with Gasteiger partial charge < -0.3 is 8.83 Å². The molecule has 4 nitrogen and oxygen atoms in total. The Morgan fingerprint density at radius 3 is 1.96 bits per heavy atom. The highest BCUT2D eigenvalue weighted by Gasteiger charge is 2.25. The number of rotatable bonds is 5. The molecular formula is C42H44N2O2. The van der Waals surface area contributed by atoms with Crippen LogP contribution >= 0.6 is 0 Å². The highest BCUT2D eigenvalue weighted by atomic mass is 16.4. The minimum atomic E-state index is -2.35. The Morgan fingerprint density at radius 1 is 0.652 bits per heavy atom. The van der Waals surface area contributed by atoms with E-state index in [1.54, 1.807) is 18.5 Å². The van der Waals surface area contributed by atoms with Gasteiger partial charge in [0.1, 0.15) is 17.5 Å². The van der Waals surface area contributed by atoms with Gasteiger partial charge in [0.05, 0.1) is 5.69 Å². The molecule has 0 bridgehead atoms.